The van der Waals surface area contributed by atoms with E-state index in [1.165, 1.54) is 5.57 Å². The molecule has 1 heterocycles. The van der Waals surface area contributed by atoms with Crippen LogP contribution in [-0.2, 0) is 7.05 Å². The number of aryl methyl sites for hydroxylation is 1. The topological polar surface area (TPSA) is 17.8 Å². The van der Waals surface area contributed by atoms with E-state index < -0.39 is 0 Å². The van der Waals surface area contributed by atoms with Gasteiger partial charge in [0, 0.05) is 24.8 Å². The lowest BCUT2D eigenvalue weighted by atomic mass is 10.1. The van der Waals surface area contributed by atoms with Crippen LogP contribution in [-0.4, -0.2) is 14.9 Å². The molecule has 0 N–H and O–H groups in total. The molecule has 0 amide bonds. The van der Waals surface area contributed by atoms with Gasteiger partial charge in [0.2, 0.25) is 0 Å². The van der Waals surface area contributed by atoms with Gasteiger partial charge in [0.15, 0.2) is 0 Å². The Morgan fingerprint density at radius 3 is 2.77 bits per heavy atom. The van der Waals surface area contributed by atoms with Crippen LogP contribution in [0.5, 0.6) is 0 Å². The second-order valence-electron chi connectivity index (χ2n) is 3.40. The van der Waals surface area contributed by atoms with Crippen molar-refractivity contribution in [3.05, 3.63) is 23.8 Å². The van der Waals surface area contributed by atoms with Crippen LogP contribution in [0.2, 0.25) is 0 Å². The summed E-state index contributed by atoms with van der Waals surface area (Å²) in [5.74, 6) is 1.58. The molecule has 1 aromatic heterocycles. The van der Waals surface area contributed by atoms with Gasteiger partial charge in [-0.3, -0.25) is 0 Å². The Morgan fingerprint density at radius 1 is 1.69 bits per heavy atom. The summed E-state index contributed by atoms with van der Waals surface area (Å²) in [6.07, 6.45) is 5.91. The molecule has 0 saturated carbocycles. The highest BCUT2D eigenvalue weighted by Gasteiger charge is 2.03. The minimum absolute atomic E-state index is 0.566. The normalized spacial score (nSPS) is 12.5. The van der Waals surface area contributed by atoms with Crippen molar-refractivity contribution in [1.29, 1.82) is 0 Å². The Kier molecular flexibility index (Phi) is 3.72. The third kappa shape index (κ3) is 2.69. The van der Waals surface area contributed by atoms with Gasteiger partial charge >= 0.3 is 0 Å². The van der Waals surface area contributed by atoms with Crippen LogP contribution in [0.1, 0.15) is 19.7 Å². The van der Waals surface area contributed by atoms with E-state index in [2.05, 4.69) is 40.8 Å². The van der Waals surface area contributed by atoms with Gasteiger partial charge in [0.25, 0.3) is 0 Å². The number of halogens is 1. The molecule has 0 atom stereocenters. The fraction of sp³-hybridized carbons (Fsp3) is 0.500. The predicted molar refractivity (Wildman–Crippen MR) is 59.8 cm³/mol. The van der Waals surface area contributed by atoms with E-state index in [1.807, 2.05) is 24.0 Å². The van der Waals surface area contributed by atoms with E-state index in [4.69, 9.17) is 0 Å². The number of allylic oxidation sites excluding steroid dienone is 1. The number of alkyl halides is 1. The van der Waals surface area contributed by atoms with Crippen LogP contribution in [0, 0.1) is 5.92 Å². The maximum atomic E-state index is 4.25. The molecule has 0 aromatic carbocycles. The summed E-state index contributed by atoms with van der Waals surface area (Å²) in [5, 5.41) is 0.914. The Morgan fingerprint density at radius 2 is 2.38 bits per heavy atom. The molecule has 0 saturated heterocycles. The van der Waals surface area contributed by atoms with Crippen molar-refractivity contribution in [1.82, 2.24) is 9.55 Å². The molecular formula is C10H15BrN2. The van der Waals surface area contributed by atoms with Crippen molar-refractivity contribution in [2.24, 2.45) is 13.0 Å². The van der Waals surface area contributed by atoms with Crippen molar-refractivity contribution in [3.8, 4) is 0 Å². The third-order valence-corrected chi connectivity index (χ3v) is 2.72. The number of aromatic nitrogens is 2. The van der Waals surface area contributed by atoms with Gasteiger partial charge in [-0.05, 0) is 12.0 Å². The molecule has 0 bridgehead atoms. The average molecular weight is 243 g/mol. The number of rotatable bonds is 3. The maximum Gasteiger partial charge on any atom is 0.132 e. The van der Waals surface area contributed by atoms with Gasteiger partial charge in [-0.15, -0.1) is 0 Å². The Bertz CT molecular complexity index is 300. The van der Waals surface area contributed by atoms with Crippen molar-refractivity contribution >= 4 is 22.0 Å². The van der Waals surface area contributed by atoms with Gasteiger partial charge in [-0.1, -0.05) is 35.4 Å². The highest BCUT2D eigenvalue weighted by molar-refractivity contribution is 9.09. The summed E-state index contributed by atoms with van der Waals surface area (Å²) in [5.41, 5.74) is 1.37. The van der Waals surface area contributed by atoms with Gasteiger partial charge < -0.3 is 4.57 Å². The SMILES string of the molecule is CC(C)/C(=C/c1nccn1C)CBr. The predicted octanol–water partition coefficient (Wildman–Crippen LogP) is 2.85. The molecule has 13 heavy (non-hydrogen) atoms. The molecule has 0 spiro atoms. The lowest BCUT2D eigenvalue weighted by Gasteiger charge is -2.07. The van der Waals surface area contributed by atoms with Crippen LogP contribution in [0.15, 0.2) is 18.0 Å². The van der Waals surface area contributed by atoms with Crippen LogP contribution in [0.3, 0.4) is 0 Å². The summed E-state index contributed by atoms with van der Waals surface area (Å²) in [6.45, 7) is 4.38. The summed E-state index contributed by atoms with van der Waals surface area (Å²) in [4.78, 5) is 4.25. The minimum Gasteiger partial charge on any atom is -0.335 e. The summed E-state index contributed by atoms with van der Waals surface area (Å²) < 4.78 is 2.02. The van der Waals surface area contributed by atoms with E-state index >= 15 is 0 Å². The van der Waals surface area contributed by atoms with Gasteiger partial charge in [0.1, 0.15) is 5.82 Å². The van der Waals surface area contributed by atoms with Gasteiger partial charge in [0.05, 0.1) is 0 Å². The molecule has 1 aromatic rings. The zero-order valence-corrected chi connectivity index (χ0v) is 9.87. The summed E-state index contributed by atoms with van der Waals surface area (Å²) in [6, 6.07) is 0. The fourth-order valence-corrected chi connectivity index (χ4v) is 1.85. The largest absolute Gasteiger partial charge is 0.335 e. The number of hydrogen-bond acceptors (Lipinski definition) is 1. The second-order valence-corrected chi connectivity index (χ2v) is 3.96. The Balaban J connectivity index is 2.91. The lowest BCUT2D eigenvalue weighted by molar-refractivity contribution is 0.777. The molecule has 72 valence electrons. The van der Waals surface area contributed by atoms with E-state index in [-0.39, 0.29) is 0 Å². The molecular weight excluding hydrogens is 228 g/mol. The number of hydrogen-bond donors (Lipinski definition) is 0. The zero-order valence-electron chi connectivity index (χ0n) is 8.29. The summed E-state index contributed by atoms with van der Waals surface area (Å²) >= 11 is 3.48. The molecule has 2 nitrogen and oxygen atoms in total. The first kappa shape index (κ1) is 10.5. The Labute approximate surface area is 87.8 Å². The molecule has 0 unspecified atom stereocenters. The molecule has 0 aliphatic carbocycles. The van der Waals surface area contributed by atoms with Crippen molar-refractivity contribution in [2.75, 3.05) is 5.33 Å². The third-order valence-electron chi connectivity index (χ3n) is 2.07. The number of imidazole rings is 1. The first-order valence-electron chi connectivity index (χ1n) is 4.39. The summed E-state index contributed by atoms with van der Waals surface area (Å²) in [7, 11) is 2.00. The average Bonchev–Trinajstić information content (AvgIpc) is 2.46. The molecule has 1 rings (SSSR count). The first-order valence-corrected chi connectivity index (χ1v) is 5.51. The van der Waals surface area contributed by atoms with Crippen LogP contribution < -0.4 is 0 Å². The molecule has 0 aliphatic heterocycles. The molecule has 0 radical (unpaired) electrons. The Hall–Kier alpha value is -0.570. The van der Waals surface area contributed by atoms with Crippen molar-refractivity contribution < 1.29 is 0 Å². The molecule has 0 aliphatic rings. The maximum absolute atomic E-state index is 4.25. The quantitative estimate of drug-likeness (QED) is 0.746. The van der Waals surface area contributed by atoms with Crippen LogP contribution >= 0.6 is 15.9 Å². The van der Waals surface area contributed by atoms with E-state index in [1.54, 1.807) is 0 Å². The van der Waals surface area contributed by atoms with Crippen molar-refractivity contribution in [2.45, 2.75) is 13.8 Å². The zero-order chi connectivity index (χ0) is 9.84. The molecule has 0 fully saturated rings. The van der Waals surface area contributed by atoms with Crippen LogP contribution in [0.25, 0.3) is 6.08 Å². The van der Waals surface area contributed by atoms with Crippen molar-refractivity contribution in [3.63, 3.8) is 0 Å². The number of nitrogens with zero attached hydrogens (tertiary/aromatic N) is 2. The standard InChI is InChI=1S/C10H15BrN2/c1-8(2)9(7-11)6-10-12-4-5-13(10)3/h4-6,8H,7H2,1-3H3/b9-6+. The second kappa shape index (κ2) is 4.61. The highest BCUT2D eigenvalue weighted by Crippen LogP contribution is 2.15. The smallest absolute Gasteiger partial charge is 0.132 e. The van der Waals surface area contributed by atoms with Crippen LogP contribution in [0.4, 0.5) is 0 Å². The van der Waals surface area contributed by atoms with E-state index in [0.717, 1.165) is 11.2 Å². The minimum atomic E-state index is 0.566. The highest BCUT2D eigenvalue weighted by atomic mass is 79.9. The van der Waals surface area contributed by atoms with Gasteiger partial charge in [-0.2, -0.15) is 0 Å². The van der Waals surface area contributed by atoms with Gasteiger partial charge in [-0.25, -0.2) is 4.98 Å². The molecule has 3 heteroatoms. The monoisotopic (exact) mass is 242 g/mol. The van der Waals surface area contributed by atoms with E-state index in [9.17, 15) is 0 Å². The lowest BCUT2D eigenvalue weighted by Crippen LogP contribution is -1.98. The fourth-order valence-electron chi connectivity index (χ4n) is 1.04. The first-order chi connectivity index (χ1) is 6.15. The van der Waals surface area contributed by atoms with E-state index in [0.29, 0.717) is 5.92 Å².